The van der Waals surface area contributed by atoms with E-state index in [-0.39, 0.29) is 17.7 Å². The second kappa shape index (κ2) is 4.81. The molecule has 5 nitrogen and oxygen atoms in total. The topological polar surface area (TPSA) is 78.4 Å². The van der Waals surface area contributed by atoms with E-state index in [2.05, 4.69) is 10.6 Å². The van der Waals surface area contributed by atoms with E-state index in [1.165, 1.54) is 6.92 Å². The summed E-state index contributed by atoms with van der Waals surface area (Å²) in [6.45, 7) is 1.48. The van der Waals surface area contributed by atoms with Crippen molar-refractivity contribution in [1.29, 1.82) is 0 Å². The lowest BCUT2D eigenvalue weighted by Gasteiger charge is -2.35. The summed E-state index contributed by atoms with van der Waals surface area (Å²) in [5.74, 6) is -0.452. The van der Waals surface area contributed by atoms with Crippen LogP contribution in [0.5, 0.6) is 0 Å². The number of carbonyl (C=O) groups excluding carboxylic acids is 1. The van der Waals surface area contributed by atoms with Gasteiger partial charge >= 0.3 is 5.97 Å². The summed E-state index contributed by atoms with van der Waals surface area (Å²) >= 11 is 0. The maximum atomic E-state index is 11.4. The summed E-state index contributed by atoms with van der Waals surface area (Å²) in [6.07, 6.45) is 3.02. The van der Waals surface area contributed by atoms with Gasteiger partial charge in [0.1, 0.15) is 6.04 Å². The molecule has 1 aliphatic carbocycles. The van der Waals surface area contributed by atoms with Crippen LogP contribution in [-0.2, 0) is 9.59 Å². The van der Waals surface area contributed by atoms with Gasteiger partial charge < -0.3 is 15.7 Å². The molecule has 20 heavy (non-hydrogen) atoms. The fourth-order valence-corrected chi connectivity index (χ4v) is 3.58. The van der Waals surface area contributed by atoms with Crippen molar-refractivity contribution in [3.05, 3.63) is 23.8 Å². The van der Waals surface area contributed by atoms with Gasteiger partial charge in [0.2, 0.25) is 5.91 Å². The summed E-state index contributed by atoms with van der Waals surface area (Å²) in [7, 11) is 0. The number of rotatable bonds is 2. The molecule has 1 aromatic carbocycles. The van der Waals surface area contributed by atoms with Crippen LogP contribution in [0, 0.1) is 5.92 Å². The van der Waals surface area contributed by atoms with Gasteiger partial charge in [0, 0.05) is 18.3 Å². The van der Waals surface area contributed by atoms with Crippen LogP contribution in [0.25, 0.3) is 0 Å². The number of aliphatic carboxylic acids is 1. The Morgan fingerprint density at radius 1 is 1.35 bits per heavy atom. The van der Waals surface area contributed by atoms with Crippen LogP contribution in [0.3, 0.4) is 0 Å². The molecule has 1 aromatic rings. The molecule has 106 valence electrons. The fraction of sp³-hybridized carbons (Fsp3) is 0.467. The average molecular weight is 274 g/mol. The van der Waals surface area contributed by atoms with E-state index in [0.717, 1.165) is 36.2 Å². The van der Waals surface area contributed by atoms with Gasteiger partial charge in [-0.15, -0.1) is 0 Å². The van der Waals surface area contributed by atoms with Crippen LogP contribution >= 0.6 is 0 Å². The van der Waals surface area contributed by atoms with E-state index >= 15 is 0 Å². The standard InChI is InChI=1S/C15H18N2O3/c1-8(18)16-9-5-6-13-12(7-9)10-3-2-4-11(10)14(17-13)15(19)20/h5-7,10-11,14,17H,2-4H2,1H3,(H,16,18)(H,19,20). The van der Waals surface area contributed by atoms with Crippen molar-refractivity contribution in [1.82, 2.24) is 0 Å². The van der Waals surface area contributed by atoms with Gasteiger partial charge in [0.05, 0.1) is 0 Å². The Morgan fingerprint density at radius 2 is 2.15 bits per heavy atom. The molecule has 3 N–H and O–H groups in total. The molecule has 1 aliphatic heterocycles. The van der Waals surface area contributed by atoms with Crippen molar-refractivity contribution in [2.24, 2.45) is 5.92 Å². The Morgan fingerprint density at radius 3 is 2.85 bits per heavy atom. The van der Waals surface area contributed by atoms with Gasteiger partial charge in [0.25, 0.3) is 0 Å². The predicted molar refractivity (Wildman–Crippen MR) is 75.9 cm³/mol. The van der Waals surface area contributed by atoms with Crippen LogP contribution in [0.1, 0.15) is 37.7 Å². The average Bonchev–Trinajstić information content (AvgIpc) is 2.86. The van der Waals surface area contributed by atoms with Crippen molar-refractivity contribution in [2.45, 2.75) is 38.1 Å². The first kappa shape index (κ1) is 13.0. The molecule has 1 heterocycles. The minimum atomic E-state index is -0.779. The van der Waals surface area contributed by atoms with Crippen molar-refractivity contribution in [3.8, 4) is 0 Å². The molecule has 0 spiro atoms. The molecule has 0 aromatic heterocycles. The third-order valence-corrected chi connectivity index (χ3v) is 4.35. The zero-order chi connectivity index (χ0) is 14.3. The fourth-order valence-electron chi connectivity index (χ4n) is 3.58. The summed E-state index contributed by atoms with van der Waals surface area (Å²) in [4.78, 5) is 22.5. The Balaban J connectivity index is 1.98. The summed E-state index contributed by atoms with van der Waals surface area (Å²) in [6, 6.07) is 5.15. The van der Waals surface area contributed by atoms with Crippen LogP contribution in [0.4, 0.5) is 11.4 Å². The van der Waals surface area contributed by atoms with Crippen LogP contribution in [0.15, 0.2) is 18.2 Å². The predicted octanol–water partition coefficient (Wildman–Crippen LogP) is 2.41. The second-order valence-electron chi connectivity index (χ2n) is 5.64. The number of carbonyl (C=O) groups is 2. The zero-order valence-corrected chi connectivity index (χ0v) is 11.3. The van der Waals surface area contributed by atoms with Gasteiger partial charge in [-0.3, -0.25) is 4.79 Å². The Hall–Kier alpha value is -2.04. The van der Waals surface area contributed by atoms with Crippen molar-refractivity contribution in [2.75, 3.05) is 10.6 Å². The second-order valence-corrected chi connectivity index (χ2v) is 5.64. The van der Waals surface area contributed by atoms with Crippen LogP contribution in [-0.4, -0.2) is 23.0 Å². The van der Waals surface area contributed by atoms with Gasteiger partial charge in [-0.25, -0.2) is 4.79 Å². The third-order valence-electron chi connectivity index (χ3n) is 4.35. The SMILES string of the molecule is CC(=O)Nc1ccc2c(c1)C1CCCC1C(C(=O)O)N2. The molecule has 0 bridgehead atoms. The van der Waals surface area contributed by atoms with Gasteiger partial charge in [-0.2, -0.15) is 0 Å². The monoisotopic (exact) mass is 274 g/mol. The highest BCUT2D eigenvalue weighted by molar-refractivity contribution is 5.89. The van der Waals surface area contributed by atoms with Crippen LogP contribution in [0.2, 0.25) is 0 Å². The molecule has 0 saturated heterocycles. The lowest BCUT2D eigenvalue weighted by Crippen LogP contribution is -2.41. The van der Waals surface area contributed by atoms with Crippen molar-refractivity contribution < 1.29 is 14.7 Å². The van der Waals surface area contributed by atoms with E-state index in [0.29, 0.717) is 0 Å². The number of hydrogen-bond acceptors (Lipinski definition) is 3. The molecule has 3 atom stereocenters. The lowest BCUT2D eigenvalue weighted by molar-refractivity contribution is -0.139. The summed E-state index contributed by atoms with van der Waals surface area (Å²) in [5, 5.41) is 15.3. The van der Waals surface area contributed by atoms with Crippen molar-refractivity contribution >= 4 is 23.3 Å². The van der Waals surface area contributed by atoms with Gasteiger partial charge in [-0.05, 0) is 48.4 Å². The number of carboxylic acid groups (broad SMARTS) is 1. The smallest absolute Gasteiger partial charge is 0.326 e. The van der Waals surface area contributed by atoms with Crippen molar-refractivity contribution in [3.63, 3.8) is 0 Å². The minimum absolute atomic E-state index is 0.0971. The number of carboxylic acids is 1. The molecule has 5 heteroatoms. The molecular weight excluding hydrogens is 256 g/mol. The van der Waals surface area contributed by atoms with E-state index in [4.69, 9.17) is 0 Å². The highest BCUT2D eigenvalue weighted by atomic mass is 16.4. The number of anilines is 2. The molecule has 1 fully saturated rings. The van der Waals surface area contributed by atoms with Gasteiger partial charge in [-0.1, -0.05) is 6.42 Å². The first-order valence-electron chi connectivity index (χ1n) is 6.97. The highest BCUT2D eigenvalue weighted by Crippen LogP contribution is 2.48. The third kappa shape index (κ3) is 2.13. The first-order chi connectivity index (χ1) is 9.56. The normalized spacial score (nSPS) is 27.1. The molecule has 1 saturated carbocycles. The Bertz CT molecular complexity index is 570. The minimum Gasteiger partial charge on any atom is -0.480 e. The summed E-state index contributed by atoms with van der Waals surface area (Å²) in [5.41, 5.74) is 2.79. The molecule has 2 aliphatic rings. The summed E-state index contributed by atoms with van der Waals surface area (Å²) < 4.78 is 0. The molecule has 3 unspecified atom stereocenters. The number of hydrogen-bond donors (Lipinski definition) is 3. The zero-order valence-electron chi connectivity index (χ0n) is 11.3. The number of fused-ring (bicyclic) bond motifs is 3. The van der Waals surface area contributed by atoms with E-state index in [1.54, 1.807) is 6.07 Å². The Kier molecular flexibility index (Phi) is 3.12. The van der Waals surface area contributed by atoms with E-state index in [9.17, 15) is 14.7 Å². The molecule has 1 amide bonds. The maximum absolute atomic E-state index is 11.4. The molecular formula is C15H18N2O3. The largest absolute Gasteiger partial charge is 0.480 e. The number of benzene rings is 1. The van der Waals surface area contributed by atoms with Crippen LogP contribution < -0.4 is 10.6 Å². The highest BCUT2D eigenvalue weighted by Gasteiger charge is 2.42. The number of nitrogens with one attached hydrogen (secondary N) is 2. The van der Waals surface area contributed by atoms with E-state index in [1.807, 2.05) is 12.1 Å². The quantitative estimate of drug-likeness (QED) is 0.774. The van der Waals surface area contributed by atoms with E-state index < -0.39 is 12.0 Å². The molecule has 3 rings (SSSR count). The first-order valence-corrected chi connectivity index (χ1v) is 6.97. The molecule has 0 radical (unpaired) electrons. The van der Waals surface area contributed by atoms with Gasteiger partial charge in [0.15, 0.2) is 0 Å². The Labute approximate surface area is 117 Å². The number of amides is 1. The maximum Gasteiger partial charge on any atom is 0.326 e. The lowest BCUT2D eigenvalue weighted by atomic mass is 9.79.